The van der Waals surface area contributed by atoms with E-state index in [0.717, 1.165) is 11.1 Å². The van der Waals surface area contributed by atoms with Crippen molar-refractivity contribution in [2.45, 2.75) is 26.3 Å². The lowest BCUT2D eigenvalue weighted by Gasteiger charge is -2.18. The molecule has 5 nitrogen and oxygen atoms in total. The van der Waals surface area contributed by atoms with Crippen molar-refractivity contribution in [3.63, 3.8) is 0 Å². The summed E-state index contributed by atoms with van der Waals surface area (Å²) in [6.07, 6.45) is 0.202. The van der Waals surface area contributed by atoms with Crippen LogP contribution in [0.4, 0.5) is 14.9 Å². The van der Waals surface area contributed by atoms with Crippen LogP contribution in [0, 0.1) is 19.7 Å². The second-order valence-electron chi connectivity index (χ2n) is 5.75. The summed E-state index contributed by atoms with van der Waals surface area (Å²) >= 11 is 0. The molecule has 2 N–H and O–H groups in total. The maximum atomic E-state index is 13.0. The van der Waals surface area contributed by atoms with Crippen LogP contribution in [0.25, 0.3) is 0 Å². The highest BCUT2D eigenvalue weighted by Crippen LogP contribution is 2.17. The van der Waals surface area contributed by atoms with Gasteiger partial charge in [0.25, 0.3) is 0 Å². The molecule has 2 rings (SSSR count). The number of hydrogen-bond acceptors (Lipinski definition) is 3. The van der Waals surface area contributed by atoms with Crippen LogP contribution in [0.15, 0.2) is 42.5 Å². The predicted molar refractivity (Wildman–Crippen MR) is 94.0 cm³/mol. The molecule has 0 saturated heterocycles. The number of carbonyl (C=O) groups is 2. The van der Waals surface area contributed by atoms with E-state index >= 15 is 0 Å². The van der Waals surface area contributed by atoms with Gasteiger partial charge in [-0.05, 0) is 48.7 Å². The van der Waals surface area contributed by atoms with Gasteiger partial charge in [-0.15, -0.1) is 0 Å². The van der Waals surface area contributed by atoms with Crippen LogP contribution in [0.2, 0.25) is 0 Å². The van der Waals surface area contributed by atoms with Crippen molar-refractivity contribution in [2.24, 2.45) is 0 Å². The van der Waals surface area contributed by atoms with Crippen molar-refractivity contribution in [2.75, 3.05) is 12.4 Å². The van der Waals surface area contributed by atoms with Gasteiger partial charge >= 0.3 is 12.0 Å². The highest BCUT2D eigenvalue weighted by atomic mass is 19.1. The fourth-order valence-corrected chi connectivity index (χ4v) is 2.39. The standard InChI is InChI=1S/C19H21FN2O3/c1-12-5-4-6-16(13(12)2)21-19(24)22-17(18(23)25-3)11-14-7-9-15(20)10-8-14/h4-10,17H,11H2,1-3H3,(H2,21,22,24). The van der Waals surface area contributed by atoms with Crippen molar-refractivity contribution >= 4 is 17.7 Å². The minimum absolute atomic E-state index is 0.202. The average Bonchev–Trinajstić information content (AvgIpc) is 2.59. The Kier molecular flexibility index (Phi) is 6.11. The summed E-state index contributed by atoms with van der Waals surface area (Å²) in [5, 5.41) is 5.35. The van der Waals surface area contributed by atoms with Crippen LogP contribution in [0.5, 0.6) is 0 Å². The molecule has 0 saturated carbocycles. The number of benzene rings is 2. The van der Waals surface area contributed by atoms with E-state index in [9.17, 15) is 14.0 Å². The van der Waals surface area contributed by atoms with Crippen LogP contribution < -0.4 is 10.6 Å². The molecule has 1 unspecified atom stereocenters. The molecule has 0 aromatic heterocycles. The molecular formula is C19H21FN2O3. The second-order valence-corrected chi connectivity index (χ2v) is 5.75. The van der Waals surface area contributed by atoms with Crippen LogP contribution >= 0.6 is 0 Å². The molecule has 0 aliphatic heterocycles. The Morgan fingerprint density at radius 1 is 1.12 bits per heavy atom. The number of anilines is 1. The highest BCUT2D eigenvalue weighted by molar-refractivity contribution is 5.93. The van der Waals surface area contributed by atoms with Crippen LogP contribution in [-0.4, -0.2) is 25.2 Å². The first-order chi connectivity index (χ1) is 11.9. The number of rotatable bonds is 5. The van der Waals surface area contributed by atoms with Gasteiger partial charge in [0.05, 0.1) is 7.11 Å². The number of methoxy groups -OCH3 is 1. The minimum atomic E-state index is -0.874. The van der Waals surface area contributed by atoms with Crippen molar-refractivity contribution in [1.82, 2.24) is 5.32 Å². The van der Waals surface area contributed by atoms with Gasteiger partial charge in [-0.25, -0.2) is 14.0 Å². The van der Waals surface area contributed by atoms with Crippen LogP contribution in [-0.2, 0) is 16.0 Å². The van der Waals surface area contributed by atoms with E-state index in [4.69, 9.17) is 4.74 Å². The third kappa shape index (κ3) is 5.04. The molecule has 0 aliphatic carbocycles. The van der Waals surface area contributed by atoms with E-state index in [0.29, 0.717) is 11.3 Å². The summed E-state index contributed by atoms with van der Waals surface area (Å²) in [5.41, 5.74) is 3.38. The number of carbonyl (C=O) groups excluding carboxylic acids is 2. The zero-order valence-corrected chi connectivity index (χ0v) is 14.4. The summed E-state index contributed by atoms with van der Waals surface area (Å²) < 4.78 is 17.7. The first-order valence-corrected chi connectivity index (χ1v) is 7.86. The fourth-order valence-electron chi connectivity index (χ4n) is 2.39. The van der Waals surface area contributed by atoms with Gasteiger partial charge in [0.1, 0.15) is 11.9 Å². The van der Waals surface area contributed by atoms with E-state index in [1.807, 2.05) is 26.0 Å². The molecule has 2 amide bonds. The normalized spacial score (nSPS) is 11.5. The Bertz CT molecular complexity index is 760. The minimum Gasteiger partial charge on any atom is -0.467 e. The summed E-state index contributed by atoms with van der Waals surface area (Å²) in [4.78, 5) is 24.2. The molecule has 0 fully saturated rings. The topological polar surface area (TPSA) is 67.4 Å². The van der Waals surface area contributed by atoms with Crippen molar-refractivity contribution < 1.29 is 18.7 Å². The number of nitrogens with one attached hydrogen (secondary N) is 2. The summed E-state index contributed by atoms with van der Waals surface area (Å²) in [5.74, 6) is -0.931. The fraction of sp³-hybridized carbons (Fsp3) is 0.263. The molecule has 0 aliphatic rings. The van der Waals surface area contributed by atoms with Gasteiger partial charge in [0, 0.05) is 12.1 Å². The smallest absolute Gasteiger partial charge is 0.328 e. The van der Waals surface area contributed by atoms with E-state index in [1.165, 1.54) is 19.2 Å². The van der Waals surface area contributed by atoms with Gasteiger partial charge in [0.2, 0.25) is 0 Å². The predicted octanol–water partition coefficient (Wildman–Crippen LogP) is 3.35. The Balaban J connectivity index is 2.08. The van der Waals surface area contributed by atoms with Crippen molar-refractivity contribution in [3.05, 3.63) is 65.0 Å². The van der Waals surface area contributed by atoms with Gasteiger partial charge in [-0.3, -0.25) is 0 Å². The quantitative estimate of drug-likeness (QED) is 0.818. The molecule has 1 atom stereocenters. The maximum absolute atomic E-state index is 13.0. The number of esters is 1. The molecule has 0 radical (unpaired) electrons. The molecule has 6 heteroatoms. The first-order valence-electron chi connectivity index (χ1n) is 7.86. The number of ether oxygens (including phenoxy) is 1. The third-order valence-corrected chi connectivity index (χ3v) is 4.00. The van der Waals surface area contributed by atoms with Crippen molar-refractivity contribution in [1.29, 1.82) is 0 Å². The SMILES string of the molecule is COC(=O)C(Cc1ccc(F)cc1)NC(=O)Nc1cccc(C)c1C. The number of aryl methyl sites for hydroxylation is 1. The second kappa shape index (κ2) is 8.28. The van der Waals surface area contributed by atoms with Gasteiger partial charge in [-0.1, -0.05) is 24.3 Å². The zero-order chi connectivity index (χ0) is 18.4. The number of amides is 2. The van der Waals surface area contributed by atoms with Gasteiger partial charge in [-0.2, -0.15) is 0 Å². The number of urea groups is 1. The van der Waals surface area contributed by atoms with Crippen LogP contribution in [0.1, 0.15) is 16.7 Å². The Morgan fingerprint density at radius 2 is 1.80 bits per heavy atom. The average molecular weight is 344 g/mol. The molecule has 25 heavy (non-hydrogen) atoms. The summed E-state index contributed by atoms with van der Waals surface area (Å²) in [7, 11) is 1.25. The molecule has 2 aromatic rings. The van der Waals surface area contributed by atoms with Crippen LogP contribution in [0.3, 0.4) is 0 Å². The largest absolute Gasteiger partial charge is 0.467 e. The Hall–Kier alpha value is -2.89. The number of halogens is 1. The zero-order valence-electron chi connectivity index (χ0n) is 14.4. The lowest BCUT2D eigenvalue weighted by molar-refractivity contribution is -0.142. The summed E-state index contributed by atoms with van der Waals surface area (Å²) in [6.45, 7) is 3.85. The lowest BCUT2D eigenvalue weighted by Crippen LogP contribution is -2.45. The van der Waals surface area contributed by atoms with Gasteiger partial charge in [0.15, 0.2) is 0 Å². The molecule has 132 valence electrons. The lowest BCUT2D eigenvalue weighted by atomic mass is 10.1. The van der Waals surface area contributed by atoms with E-state index in [1.54, 1.807) is 18.2 Å². The monoisotopic (exact) mass is 344 g/mol. The summed E-state index contributed by atoms with van der Waals surface area (Å²) in [6, 6.07) is 9.94. The third-order valence-electron chi connectivity index (χ3n) is 4.00. The maximum Gasteiger partial charge on any atom is 0.328 e. The first kappa shape index (κ1) is 18.4. The molecule has 0 spiro atoms. The molecule has 0 heterocycles. The molecule has 2 aromatic carbocycles. The van der Waals surface area contributed by atoms with E-state index in [-0.39, 0.29) is 12.2 Å². The number of hydrogen-bond donors (Lipinski definition) is 2. The highest BCUT2D eigenvalue weighted by Gasteiger charge is 2.22. The Morgan fingerprint density at radius 3 is 2.44 bits per heavy atom. The van der Waals surface area contributed by atoms with Crippen molar-refractivity contribution in [3.8, 4) is 0 Å². The molecule has 0 bridgehead atoms. The van der Waals surface area contributed by atoms with E-state index < -0.39 is 18.0 Å². The van der Waals surface area contributed by atoms with Gasteiger partial charge < -0.3 is 15.4 Å². The van der Waals surface area contributed by atoms with E-state index in [2.05, 4.69) is 10.6 Å². The molecular weight excluding hydrogens is 323 g/mol. The Labute approximate surface area is 146 Å².